The van der Waals surface area contributed by atoms with Crippen molar-refractivity contribution in [1.29, 1.82) is 0 Å². The zero-order valence-corrected chi connectivity index (χ0v) is 14.0. The number of halogens is 1. The number of hydrogen-bond donors (Lipinski definition) is 1. The highest BCUT2D eigenvalue weighted by molar-refractivity contribution is 7.87. The summed E-state index contributed by atoms with van der Waals surface area (Å²) in [7, 11) is -3.50. The Balaban J connectivity index is 1.43. The van der Waals surface area contributed by atoms with Gasteiger partial charge in [0.1, 0.15) is 5.82 Å². The van der Waals surface area contributed by atoms with Gasteiger partial charge in [0, 0.05) is 25.0 Å². The molecule has 0 unspecified atom stereocenters. The molecule has 6 heteroatoms. The zero-order chi connectivity index (χ0) is 16.7. The first kappa shape index (κ1) is 15.7. The van der Waals surface area contributed by atoms with E-state index in [1.165, 1.54) is 22.0 Å². The monoisotopic (exact) mass is 346 g/mol. The SMILES string of the molecule is O=S(=O)(N[C@H]1C[C@H]1c1ccc(F)cc1)N1CCc2ccccc2C1. The predicted molar refractivity (Wildman–Crippen MR) is 90.2 cm³/mol. The summed E-state index contributed by atoms with van der Waals surface area (Å²) in [5.74, 6) is -0.138. The molecule has 0 aromatic heterocycles. The molecule has 4 rings (SSSR count). The van der Waals surface area contributed by atoms with Gasteiger partial charge in [-0.25, -0.2) is 4.39 Å². The number of fused-ring (bicyclic) bond motifs is 1. The molecule has 4 nitrogen and oxygen atoms in total. The van der Waals surface area contributed by atoms with Crippen LogP contribution in [0.1, 0.15) is 29.0 Å². The summed E-state index contributed by atoms with van der Waals surface area (Å²) in [6.07, 6.45) is 1.50. The van der Waals surface area contributed by atoms with Crippen molar-refractivity contribution in [1.82, 2.24) is 9.03 Å². The molecule has 0 spiro atoms. The van der Waals surface area contributed by atoms with E-state index in [-0.39, 0.29) is 17.8 Å². The van der Waals surface area contributed by atoms with Gasteiger partial charge in [-0.3, -0.25) is 0 Å². The smallest absolute Gasteiger partial charge is 0.207 e. The van der Waals surface area contributed by atoms with Crippen LogP contribution in [0.25, 0.3) is 0 Å². The maximum absolute atomic E-state index is 13.0. The molecule has 2 atom stereocenters. The first-order chi connectivity index (χ1) is 11.5. The molecule has 24 heavy (non-hydrogen) atoms. The van der Waals surface area contributed by atoms with E-state index in [1.54, 1.807) is 12.1 Å². The van der Waals surface area contributed by atoms with Crippen LogP contribution >= 0.6 is 0 Å². The van der Waals surface area contributed by atoms with Crippen molar-refractivity contribution in [2.24, 2.45) is 0 Å². The summed E-state index contributed by atoms with van der Waals surface area (Å²) < 4.78 is 42.6. The Kier molecular flexibility index (Phi) is 3.90. The third kappa shape index (κ3) is 3.09. The molecule has 0 amide bonds. The summed E-state index contributed by atoms with van der Waals surface area (Å²) in [5.41, 5.74) is 3.27. The van der Waals surface area contributed by atoms with E-state index in [9.17, 15) is 12.8 Å². The Hall–Kier alpha value is -1.76. The minimum absolute atomic E-state index is 0.0994. The zero-order valence-electron chi connectivity index (χ0n) is 13.2. The van der Waals surface area contributed by atoms with Crippen LogP contribution in [0.5, 0.6) is 0 Å². The molecule has 1 N–H and O–H groups in total. The third-order valence-corrected chi connectivity index (χ3v) is 6.42. The molecular weight excluding hydrogens is 327 g/mol. The van der Waals surface area contributed by atoms with E-state index >= 15 is 0 Å². The Bertz CT molecular complexity index is 852. The number of nitrogens with zero attached hydrogens (tertiary/aromatic N) is 1. The molecule has 0 bridgehead atoms. The van der Waals surface area contributed by atoms with Crippen LogP contribution in [0, 0.1) is 5.82 Å². The topological polar surface area (TPSA) is 49.4 Å². The Morgan fingerprint density at radius 2 is 1.75 bits per heavy atom. The number of nitrogens with one attached hydrogen (secondary N) is 1. The van der Waals surface area contributed by atoms with E-state index < -0.39 is 10.2 Å². The van der Waals surface area contributed by atoms with Crippen molar-refractivity contribution in [3.8, 4) is 0 Å². The second-order valence-electron chi connectivity index (χ2n) is 6.48. The molecule has 0 saturated heterocycles. The predicted octanol–water partition coefficient (Wildman–Crippen LogP) is 2.57. The lowest BCUT2D eigenvalue weighted by atomic mass is 10.0. The molecule has 126 valence electrons. The highest BCUT2D eigenvalue weighted by Gasteiger charge is 2.42. The minimum atomic E-state index is -3.50. The third-order valence-electron chi connectivity index (χ3n) is 4.82. The lowest BCUT2D eigenvalue weighted by molar-refractivity contribution is 0.383. The highest BCUT2D eigenvalue weighted by atomic mass is 32.2. The van der Waals surface area contributed by atoms with Crippen molar-refractivity contribution in [2.75, 3.05) is 6.54 Å². The average molecular weight is 346 g/mol. The van der Waals surface area contributed by atoms with E-state index in [1.807, 2.05) is 18.2 Å². The van der Waals surface area contributed by atoms with Gasteiger partial charge in [-0.15, -0.1) is 0 Å². The second kappa shape index (κ2) is 5.95. The van der Waals surface area contributed by atoms with Crippen LogP contribution in [0.2, 0.25) is 0 Å². The van der Waals surface area contributed by atoms with Crippen molar-refractivity contribution < 1.29 is 12.8 Å². The number of hydrogen-bond acceptors (Lipinski definition) is 2. The van der Waals surface area contributed by atoms with Gasteiger partial charge in [-0.05, 0) is 41.7 Å². The summed E-state index contributed by atoms with van der Waals surface area (Å²) >= 11 is 0. The van der Waals surface area contributed by atoms with E-state index in [4.69, 9.17) is 0 Å². The largest absolute Gasteiger partial charge is 0.280 e. The molecule has 1 aliphatic heterocycles. The minimum Gasteiger partial charge on any atom is -0.207 e. The normalized spacial score (nSPS) is 23.7. The fourth-order valence-corrected chi connectivity index (χ4v) is 4.78. The van der Waals surface area contributed by atoms with Crippen molar-refractivity contribution >= 4 is 10.2 Å². The van der Waals surface area contributed by atoms with Crippen molar-refractivity contribution in [3.05, 3.63) is 71.0 Å². The van der Waals surface area contributed by atoms with Gasteiger partial charge >= 0.3 is 0 Å². The summed E-state index contributed by atoms with van der Waals surface area (Å²) in [6, 6.07) is 14.1. The molecule has 1 fully saturated rings. The Morgan fingerprint density at radius 3 is 2.50 bits per heavy atom. The fraction of sp³-hybridized carbons (Fsp3) is 0.333. The molecule has 0 radical (unpaired) electrons. The van der Waals surface area contributed by atoms with E-state index in [0.29, 0.717) is 13.1 Å². The number of benzene rings is 2. The molecule has 1 saturated carbocycles. The van der Waals surface area contributed by atoms with E-state index in [2.05, 4.69) is 10.8 Å². The van der Waals surface area contributed by atoms with Gasteiger partial charge < -0.3 is 0 Å². The van der Waals surface area contributed by atoms with Crippen LogP contribution in [-0.4, -0.2) is 25.3 Å². The van der Waals surface area contributed by atoms with Gasteiger partial charge in [0.15, 0.2) is 0 Å². The van der Waals surface area contributed by atoms with Crippen LogP contribution in [0.15, 0.2) is 48.5 Å². The Morgan fingerprint density at radius 1 is 1.04 bits per heavy atom. The van der Waals surface area contributed by atoms with Gasteiger partial charge in [0.05, 0.1) is 0 Å². The van der Waals surface area contributed by atoms with Gasteiger partial charge in [0.25, 0.3) is 10.2 Å². The summed E-state index contributed by atoms with van der Waals surface area (Å²) in [6.45, 7) is 0.916. The van der Waals surface area contributed by atoms with Crippen molar-refractivity contribution in [2.45, 2.75) is 31.3 Å². The lowest BCUT2D eigenvalue weighted by Crippen LogP contribution is -2.44. The van der Waals surface area contributed by atoms with Crippen LogP contribution in [-0.2, 0) is 23.2 Å². The summed E-state index contributed by atoms with van der Waals surface area (Å²) in [5, 5.41) is 0. The van der Waals surface area contributed by atoms with Crippen LogP contribution in [0.3, 0.4) is 0 Å². The number of rotatable bonds is 4. The molecule has 2 aromatic rings. The van der Waals surface area contributed by atoms with Gasteiger partial charge in [-0.2, -0.15) is 17.4 Å². The quantitative estimate of drug-likeness (QED) is 0.925. The molecule has 2 aliphatic rings. The molecule has 1 heterocycles. The first-order valence-electron chi connectivity index (χ1n) is 8.12. The first-order valence-corrected chi connectivity index (χ1v) is 9.56. The average Bonchev–Trinajstić information content (AvgIpc) is 3.33. The highest BCUT2D eigenvalue weighted by Crippen LogP contribution is 2.41. The Labute approximate surface area is 141 Å². The maximum atomic E-state index is 13.0. The fourth-order valence-electron chi connectivity index (χ4n) is 3.34. The maximum Gasteiger partial charge on any atom is 0.280 e. The van der Waals surface area contributed by atoms with Gasteiger partial charge in [0.2, 0.25) is 0 Å². The molecular formula is C18H19FN2O2S. The van der Waals surface area contributed by atoms with E-state index in [0.717, 1.165) is 24.0 Å². The summed E-state index contributed by atoms with van der Waals surface area (Å²) in [4.78, 5) is 0. The van der Waals surface area contributed by atoms with Gasteiger partial charge in [-0.1, -0.05) is 36.4 Å². The standard InChI is InChI=1S/C18H19FN2O2S/c19-16-7-5-14(6-8-16)17-11-18(17)20-24(22,23)21-10-9-13-3-1-2-4-15(13)12-21/h1-8,17-18,20H,9-12H2/t17-,18-/m0/s1. The lowest BCUT2D eigenvalue weighted by Gasteiger charge is -2.28. The van der Waals surface area contributed by atoms with Crippen LogP contribution in [0.4, 0.5) is 4.39 Å². The van der Waals surface area contributed by atoms with Crippen LogP contribution < -0.4 is 4.72 Å². The second-order valence-corrected chi connectivity index (χ2v) is 8.18. The van der Waals surface area contributed by atoms with Crippen molar-refractivity contribution in [3.63, 3.8) is 0 Å². The molecule has 2 aromatic carbocycles. The molecule has 1 aliphatic carbocycles.